The summed E-state index contributed by atoms with van der Waals surface area (Å²) in [6.45, 7) is 5.53. The van der Waals surface area contributed by atoms with Crippen molar-refractivity contribution in [2.24, 2.45) is 0 Å². The third-order valence-electron chi connectivity index (χ3n) is 3.90. The quantitative estimate of drug-likeness (QED) is 0.202. The summed E-state index contributed by atoms with van der Waals surface area (Å²) in [6.07, 6.45) is 2.23. The molecule has 1 unspecified atom stereocenters. The molecule has 1 heterocycles. The van der Waals surface area contributed by atoms with Crippen molar-refractivity contribution in [2.75, 3.05) is 12.4 Å². The molecule has 1 atom stereocenters. The molecule has 0 spiro atoms. The summed E-state index contributed by atoms with van der Waals surface area (Å²) in [5, 5.41) is 26.8. The van der Waals surface area contributed by atoms with Crippen LogP contribution in [0.15, 0.2) is 20.8 Å². The number of carbonyl (C=O) groups excluding carboxylic acids is 1. The van der Waals surface area contributed by atoms with Crippen molar-refractivity contribution in [3.05, 3.63) is 23.3 Å². The number of carboxylic acid groups (broad SMARTS) is 1. The Bertz CT molecular complexity index is 863. The molecule has 2 N–H and O–H groups in total. The van der Waals surface area contributed by atoms with Gasteiger partial charge in [0.05, 0.1) is 12.2 Å². The van der Waals surface area contributed by atoms with Crippen LogP contribution in [-0.2, 0) is 11.2 Å². The Morgan fingerprint density at radius 1 is 1.27 bits per heavy atom. The van der Waals surface area contributed by atoms with E-state index in [1.54, 1.807) is 30.8 Å². The van der Waals surface area contributed by atoms with E-state index in [2.05, 4.69) is 10.2 Å². The molecular weight excluding hydrogens is 455 g/mol. The van der Waals surface area contributed by atoms with Crippen molar-refractivity contribution < 1.29 is 24.5 Å². The van der Waals surface area contributed by atoms with Crippen LogP contribution in [0.1, 0.15) is 49.5 Å². The predicted octanol–water partition coefficient (Wildman–Crippen LogP) is 3.88. The number of phenols is 1. The van der Waals surface area contributed by atoms with Crippen molar-refractivity contribution in [2.45, 2.75) is 54.0 Å². The Hall–Kier alpha value is -0.780. The summed E-state index contributed by atoms with van der Waals surface area (Å²) in [5.41, 5.74) is 0.990. The Morgan fingerprint density at radius 2 is 1.97 bits per heavy atom. The number of phenolic OH excluding ortho intramolecular Hbond substituents is 1. The van der Waals surface area contributed by atoms with E-state index in [0.29, 0.717) is 34.2 Å². The minimum absolute atomic E-state index is 0. The Labute approximate surface area is 210 Å². The van der Waals surface area contributed by atoms with Crippen molar-refractivity contribution in [1.82, 2.24) is 10.2 Å². The number of ketones is 1. The number of nitrogens with zero attached hydrogens (tertiary/aromatic N) is 2. The molecule has 0 aliphatic rings. The van der Waals surface area contributed by atoms with Crippen LogP contribution in [0.5, 0.6) is 11.5 Å². The van der Waals surface area contributed by atoms with Crippen LogP contribution in [0.4, 0.5) is 0 Å². The van der Waals surface area contributed by atoms with Gasteiger partial charge in [0.1, 0.15) is 16.7 Å². The molecule has 160 valence electrons. The molecule has 0 bridgehead atoms. The Morgan fingerprint density at radius 3 is 2.60 bits per heavy atom. The van der Waals surface area contributed by atoms with Gasteiger partial charge in [0.2, 0.25) is 0 Å². The molecule has 0 radical (unpaired) electrons. The third kappa shape index (κ3) is 8.05. The van der Waals surface area contributed by atoms with E-state index in [1.807, 2.05) is 6.92 Å². The molecule has 2 aromatic rings. The molecule has 7 nitrogen and oxygen atoms in total. The van der Waals surface area contributed by atoms with Gasteiger partial charge in [-0.05, 0) is 38.8 Å². The summed E-state index contributed by atoms with van der Waals surface area (Å²) < 4.78 is 7.28. The first-order valence-electron chi connectivity index (χ1n) is 9.17. The normalized spacial score (nSPS) is 11.6. The number of carboxylic acids is 1. The monoisotopic (exact) mass is 480 g/mol. The number of aromatic nitrogens is 2. The van der Waals surface area contributed by atoms with Gasteiger partial charge >= 0.3 is 35.5 Å². The maximum absolute atomic E-state index is 11.6. The summed E-state index contributed by atoms with van der Waals surface area (Å²) in [5.74, 6) is 0.350. The van der Waals surface area contributed by atoms with Gasteiger partial charge in [0, 0.05) is 11.3 Å². The third-order valence-corrected chi connectivity index (χ3v) is 7.22. The van der Waals surface area contributed by atoms with Gasteiger partial charge in [-0.3, -0.25) is 9.59 Å². The molecule has 0 fully saturated rings. The van der Waals surface area contributed by atoms with Crippen LogP contribution in [0.2, 0.25) is 0 Å². The molecule has 0 saturated carbocycles. The zero-order valence-electron chi connectivity index (χ0n) is 16.5. The number of thioether (sulfide) groups is 2. The fourth-order valence-corrected chi connectivity index (χ4v) is 5.52. The summed E-state index contributed by atoms with van der Waals surface area (Å²) in [6, 6.07) is 3.34. The molecular formula is C19H25N2NaO5S3. The number of hydrogen-bond donors (Lipinski definition) is 2. The van der Waals surface area contributed by atoms with Crippen molar-refractivity contribution in [3.63, 3.8) is 0 Å². The van der Waals surface area contributed by atoms with Crippen molar-refractivity contribution in [3.8, 4) is 11.5 Å². The Kier molecular flexibility index (Phi) is 12.3. The van der Waals surface area contributed by atoms with Gasteiger partial charge in [0.15, 0.2) is 14.5 Å². The summed E-state index contributed by atoms with van der Waals surface area (Å²) in [4.78, 5) is 22.5. The fraction of sp³-hybridized carbons (Fsp3) is 0.474. The molecule has 0 amide bonds. The molecule has 0 aliphatic carbocycles. The minimum atomic E-state index is -0.874. The number of benzene rings is 1. The second-order valence-electron chi connectivity index (χ2n) is 6.23. The van der Waals surface area contributed by atoms with Gasteiger partial charge in [-0.2, -0.15) is 0 Å². The van der Waals surface area contributed by atoms with Crippen LogP contribution >= 0.6 is 34.9 Å². The topological polar surface area (TPSA) is 110 Å². The number of hydrogen-bond acceptors (Lipinski definition) is 9. The number of aliphatic carboxylic acids is 1. The first-order valence-corrected chi connectivity index (χ1v) is 11.9. The summed E-state index contributed by atoms with van der Waals surface area (Å²) in [7, 11) is 0. The predicted molar refractivity (Wildman–Crippen MR) is 123 cm³/mol. The molecule has 1 aromatic heterocycles. The zero-order valence-corrected chi connectivity index (χ0v) is 19.0. The van der Waals surface area contributed by atoms with E-state index in [4.69, 9.17) is 9.84 Å². The molecule has 0 saturated heterocycles. The maximum atomic E-state index is 11.6. The van der Waals surface area contributed by atoms with E-state index in [0.717, 1.165) is 22.9 Å². The number of ether oxygens (including phenoxy) is 1. The van der Waals surface area contributed by atoms with E-state index in [-0.39, 0.29) is 41.1 Å². The summed E-state index contributed by atoms with van der Waals surface area (Å²) >= 11 is 4.11. The van der Waals surface area contributed by atoms with Crippen LogP contribution in [-0.4, -0.2) is 79.3 Å². The van der Waals surface area contributed by atoms with E-state index < -0.39 is 11.2 Å². The molecule has 2 rings (SSSR count). The zero-order chi connectivity index (χ0) is 21.4. The fourth-order valence-electron chi connectivity index (χ4n) is 2.43. The first-order chi connectivity index (χ1) is 13.8. The number of carbonyl (C=O) groups is 2. The second kappa shape index (κ2) is 13.6. The van der Waals surface area contributed by atoms with E-state index >= 15 is 0 Å². The molecule has 11 heteroatoms. The van der Waals surface area contributed by atoms with Crippen LogP contribution in [0, 0.1) is 0 Å². The van der Waals surface area contributed by atoms with Gasteiger partial charge in [-0.15, -0.1) is 10.2 Å². The Balaban J connectivity index is 0.00000450. The van der Waals surface area contributed by atoms with Gasteiger partial charge < -0.3 is 14.9 Å². The average molecular weight is 481 g/mol. The molecule has 1 aromatic carbocycles. The first kappa shape index (κ1) is 27.3. The van der Waals surface area contributed by atoms with Crippen molar-refractivity contribution in [1.29, 1.82) is 0 Å². The number of Topliss-reactive ketones (excluding diaryl/α,β-unsaturated/α-hetero) is 1. The van der Waals surface area contributed by atoms with Crippen LogP contribution in [0.3, 0.4) is 0 Å². The second-order valence-corrected chi connectivity index (χ2v) is 10.1. The van der Waals surface area contributed by atoms with Gasteiger partial charge in [-0.1, -0.05) is 48.2 Å². The van der Waals surface area contributed by atoms with Crippen molar-refractivity contribution >= 4 is 76.2 Å². The van der Waals surface area contributed by atoms with E-state index in [9.17, 15) is 14.7 Å². The molecule has 0 aliphatic heterocycles. The molecule has 30 heavy (non-hydrogen) atoms. The van der Waals surface area contributed by atoms with Gasteiger partial charge in [-0.25, -0.2) is 0 Å². The number of aromatic hydroxyl groups is 1. The van der Waals surface area contributed by atoms with E-state index in [1.165, 1.54) is 30.0 Å². The van der Waals surface area contributed by atoms with Crippen LogP contribution in [0.25, 0.3) is 0 Å². The SMILES string of the molecule is CCCc1c(OCCCSc2nnc(SC(C)C(=O)O)s2)ccc(C(C)=O)c1O.[NaH]. The van der Waals surface area contributed by atoms with Crippen LogP contribution < -0.4 is 4.74 Å². The number of rotatable bonds is 12. The standard InChI is InChI=1S/C19H24N2O5S3.Na.H/c1-4-6-14-15(8-7-13(11(2)22)16(14)23)26-9-5-10-27-18-20-21-19(29-18)28-12(3)17(24)25;;/h7-8,12,23H,4-6,9-10H2,1-3H3,(H,24,25);;. The van der Waals surface area contributed by atoms with Gasteiger partial charge in [0.25, 0.3) is 0 Å². The average Bonchev–Trinajstić information content (AvgIpc) is 3.10.